The highest BCUT2D eigenvalue weighted by Crippen LogP contribution is 2.40. The molecule has 0 radical (unpaired) electrons. The second kappa shape index (κ2) is 6.62. The molecule has 0 bridgehead atoms. The summed E-state index contributed by atoms with van der Waals surface area (Å²) in [5.41, 5.74) is 1.21. The summed E-state index contributed by atoms with van der Waals surface area (Å²) in [6, 6.07) is 8.28. The predicted octanol–water partition coefficient (Wildman–Crippen LogP) is 3.51. The largest absolute Gasteiger partial charge is 0.342 e. The Hall–Kier alpha value is -0.480. The van der Waals surface area contributed by atoms with E-state index in [0.717, 1.165) is 30.6 Å². The van der Waals surface area contributed by atoms with Crippen molar-refractivity contribution in [3.05, 3.63) is 29.8 Å². The van der Waals surface area contributed by atoms with Crippen molar-refractivity contribution in [2.45, 2.75) is 24.2 Å². The Kier molecular flexibility index (Phi) is 5.13. The third kappa shape index (κ3) is 2.91. The minimum Gasteiger partial charge on any atom is -0.342 e. The number of nitrogens with zero attached hydrogens (tertiary/aromatic N) is 1. The molecule has 1 unspecified atom stereocenters. The van der Waals surface area contributed by atoms with Crippen molar-refractivity contribution in [1.29, 1.82) is 0 Å². The van der Waals surface area contributed by atoms with E-state index in [1.807, 2.05) is 17.0 Å². The van der Waals surface area contributed by atoms with Gasteiger partial charge in [-0.15, -0.1) is 11.8 Å². The Morgan fingerprint density at radius 3 is 3.00 bits per heavy atom. The Morgan fingerprint density at radius 1 is 1.50 bits per heavy atom. The third-order valence-corrected chi connectivity index (χ3v) is 5.00. The molecule has 1 aliphatic rings. The van der Waals surface area contributed by atoms with Gasteiger partial charge in [0, 0.05) is 29.1 Å². The van der Waals surface area contributed by atoms with Crippen LogP contribution in [0.3, 0.4) is 0 Å². The first-order valence-corrected chi connectivity index (χ1v) is 8.45. The van der Waals surface area contributed by atoms with E-state index >= 15 is 0 Å². The van der Waals surface area contributed by atoms with Gasteiger partial charge in [0.05, 0.1) is 5.92 Å². The quantitative estimate of drug-likeness (QED) is 0.771. The fourth-order valence-electron chi connectivity index (χ4n) is 2.26. The topological polar surface area (TPSA) is 20.3 Å². The first kappa shape index (κ1) is 13.9. The highest BCUT2D eigenvalue weighted by molar-refractivity contribution is 9.09. The summed E-state index contributed by atoms with van der Waals surface area (Å²) in [5, 5.41) is 0.951. The molecule has 0 saturated carbocycles. The molecule has 1 amide bonds. The van der Waals surface area contributed by atoms with Crippen LogP contribution in [0.2, 0.25) is 0 Å². The van der Waals surface area contributed by atoms with Crippen molar-refractivity contribution in [2.75, 3.05) is 24.2 Å². The second-order valence-corrected chi connectivity index (χ2v) is 6.22. The number of fused-ring (bicyclic) bond motifs is 1. The van der Waals surface area contributed by atoms with E-state index in [9.17, 15) is 4.79 Å². The summed E-state index contributed by atoms with van der Waals surface area (Å²) < 4.78 is 0. The molecule has 2 nitrogen and oxygen atoms in total. The number of hydrogen-bond donors (Lipinski definition) is 0. The van der Waals surface area contributed by atoms with Gasteiger partial charge in [-0.1, -0.05) is 34.1 Å². The minimum atomic E-state index is 0.0569. The van der Waals surface area contributed by atoms with E-state index in [1.54, 1.807) is 11.8 Å². The van der Waals surface area contributed by atoms with Crippen LogP contribution in [0.5, 0.6) is 0 Å². The molecular formula is C14H18BrNOS. The van der Waals surface area contributed by atoms with Crippen LogP contribution in [0.1, 0.15) is 24.8 Å². The molecule has 1 atom stereocenters. The van der Waals surface area contributed by atoms with Crippen LogP contribution in [0.25, 0.3) is 0 Å². The van der Waals surface area contributed by atoms with Crippen molar-refractivity contribution in [3.8, 4) is 0 Å². The number of rotatable bonds is 5. The molecule has 0 aromatic heterocycles. The van der Waals surface area contributed by atoms with Gasteiger partial charge in [0.2, 0.25) is 5.91 Å². The number of carbonyl (C=O) groups excluding carboxylic acids is 1. The van der Waals surface area contributed by atoms with E-state index < -0.39 is 0 Å². The number of hydrogen-bond acceptors (Lipinski definition) is 2. The van der Waals surface area contributed by atoms with Crippen molar-refractivity contribution in [1.82, 2.24) is 4.90 Å². The van der Waals surface area contributed by atoms with E-state index in [1.165, 1.54) is 10.5 Å². The summed E-state index contributed by atoms with van der Waals surface area (Å²) in [6.45, 7) is 3.71. The molecule has 0 aliphatic carbocycles. The maximum Gasteiger partial charge on any atom is 0.230 e. The normalized spacial score (nSPS) is 17.6. The summed E-state index contributed by atoms with van der Waals surface area (Å²) in [6.07, 6.45) is 1.01. The highest BCUT2D eigenvalue weighted by atomic mass is 79.9. The second-order valence-electron chi connectivity index (χ2n) is 4.36. The van der Waals surface area contributed by atoms with Gasteiger partial charge in [0.25, 0.3) is 0 Å². The van der Waals surface area contributed by atoms with Gasteiger partial charge in [0.15, 0.2) is 0 Å². The molecular weight excluding hydrogens is 310 g/mol. The summed E-state index contributed by atoms with van der Waals surface area (Å²) in [4.78, 5) is 15.8. The number of benzene rings is 1. The fraction of sp³-hybridized carbons (Fsp3) is 0.500. The maximum atomic E-state index is 12.5. The molecule has 0 fully saturated rings. The summed E-state index contributed by atoms with van der Waals surface area (Å²) >= 11 is 5.22. The molecule has 1 aromatic carbocycles. The number of halogens is 1. The average Bonchev–Trinajstić information content (AvgIpc) is 2.83. The van der Waals surface area contributed by atoms with E-state index in [-0.39, 0.29) is 11.8 Å². The zero-order valence-corrected chi connectivity index (χ0v) is 13.0. The van der Waals surface area contributed by atoms with Crippen LogP contribution < -0.4 is 0 Å². The standard InChI is InChI=1S/C14H18BrNOS/c1-2-16(9-5-8-15)14(17)12-10-18-13-7-4-3-6-11(12)13/h3-4,6-7,12H,2,5,8-10H2,1H3. The monoisotopic (exact) mass is 327 g/mol. The molecule has 98 valence electrons. The Labute approximate surface area is 121 Å². The molecule has 1 aromatic rings. The van der Waals surface area contributed by atoms with Gasteiger partial charge in [-0.2, -0.15) is 0 Å². The smallest absolute Gasteiger partial charge is 0.230 e. The van der Waals surface area contributed by atoms with Gasteiger partial charge in [0.1, 0.15) is 0 Å². The van der Waals surface area contributed by atoms with Gasteiger partial charge in [-0.05, 0) is 25.0 Å². The third-order valence-electron chi connectivity index (χ3n) is 3.25. The van der Waals surface area contributed by atoms with Crippen molar-refractivity contribution in [3.63, 3.8) is 0 Å². The molecule has 1 aliphatic heterocycles. The number of likely N-dealkylation sites (N-methyl/N-ethyl adjacent to an activating group) is 1. The maximum absolute atomic E-state index is 12.5. The van der Waals surface area contributed by atoms with Crippen LogP contribution >= 0.6 is 27.7 Å². The number of carbonyl (C=O) groups is 1. The summed E-state index contributed by atoms with van der Waals surface area (Å²) in [5.74, 6) is 1.24. The molecule has 4 heteroatoms. The lowest BCUT2D eigenvalue weighted by Crippen LogP contribution is -2.36. The van der Waals surface area contributed by atoms with Crippen molar-refractivity contribution in [2.24, 2.45) is 0 Å². The van der Waals surface area contributed by atoms with E-state index in [0.29, 0.717) is 0 Å². The van der Waals surface area contributed by atoms with Crippen molar-refractivity contribution >= 4 is 33.6 Å². The van der Waals surface area contributed by atoms with Gasteiger partial charge >= 0.3 is 0 Å². The lowest BCUT2D eigenvalue weighted by Gasteiger charge is -2.24. The first-order chi connectivity index (χ1) is 8.77. The van der Waals surface area contributed by atoms with Crippen LogP contribution in [0, 0.1) is 0 Å². The number of alkyl halides is 1. The molecule has 0 N–H and O–H groups in total. The molecule has 2 rings (SSSR count). The van der Waals surface area contributed by atoms with Gasteiger partial charge in [-0.3, -0.25) is 4.79 Å². The summed E-state index contributed by atoms with van der Waals surface area (Å²) in [7, 11) is 0. The van der Waals surface area contributed by atoms with Crippen LogP contribution in [-0.4, -0.2) is 35.0 Å². The molecule has 18 heavy (non-hydrogen) atoms. The predicted molar refractivity (Wildman–Crippen MR) is 80.6 cm³/mol. The van der Waals surface area contributed by atoms with E-state index in [2.05, 4.69) is 35.0 Å². The highest BCUT2D eigenvalue weighted by Gasteiger charge is 2.31. The minimum absolute atomic E-state index is 0.0569. The molecule has 0 saturated heterocycles. The van der Waals surface area contributed by atoms with Gasteiger partial charge in [-0.25, -0.2) is 0 Å². The lowest BCUT2D eigenvalue weighted by molar-refractivity contribution is -0.132. The molecule has 1 heterocycles. The van der Waals surface area contributed by atoms with Crippen LogP contribution in [-0.2, 0) is 4.79 Å². The Bertz CT molecular complexity index is 424. The fourth-order valence-corrected chi connectivity index (χ4v) is 3.73. The molecule has 0 spiro atoms. The number of thioether (sulfide) groups is 1. The zero-order valence-electron chi connectivity index (χ0n) is 10.6. The van der Waals surface area contributed by atoms with Gasteiger partial charge < -0.3 is 4.90 Å². The number of amides is 1. The van der Waals surface area contributed by atoms with Crippen LogP contribution in [0.15, 0.2) is 29.2 Å². The lowest BCUT2D eigenvalue weighted by atomic mass is 10.00. The first-order valence-electron chi connectivity index (χ1n) is 6.34. The van der Waals surface area contributed by atoms with E-state index in [4.69, 9.17) is 0 Å². The zero-order chi connectivity index (χ0) is 13.0. The van der Waals surface area contributed by atoms with Crippen LogP contribution in [0.4, 0.5) is 0 Å². The average molecular weight is 328 g/mol. The Balaban J connectivity index is 2.10. The SMILES string of the molecule is CCN(CCCBr)C(=O)C1CSc2ccccc21. The Morgan fingerprint density at radius 2 is 2.28 bits per heavy atom. The van der Waals surface area contributed by atoms with Crippen molar-refractivity contribution < 1.29 is 4.79 Å².